The summed E-state index contributed by atoms with van der Waals surface area (Å²) in [5.74, 6) is -6.94. The number of carboxylic acid groups (broad SMARTS) is 2. The van der Waals surface area contributed by atoms with Gasteiger partial charge in [0.25, 0.3) is 5.89 Å². The van der Waals surface area contributed by atoms with E-state index in [-0.39, 0.29) is 34.4 Å². The predicted molar refractivity (Wildman–Crippen MR) is 127 cm³/mol. The van der Waals surface area contributed by atoms with Crippen molar-refractivity contribution in [1.82, 2.24) is 4.98 Å². The number of furan rings is 1. The number of ether oxygens (including phenoxy) is 5. The molecule has 41 heavy (non-hydrogen) atoms. The molecule has 0 bridgehead atoms. The largest absolute Gasteiger partial charge is 0.548 e. The fourth-order valence-corrected chi connectivity index (χ4v) is 3.14. The average molecular weight is 577 g/mol. The lowest BCUT2D eigenvalue weighted by molar-refractivity contribution is -0.303. The number of carbonyl (C=O) groups is 6. The SMILES string of the molecule is CC(=O)OCOC(=O)COc1cc2cc(-c3ncc(C(=O)OCOC(C)=O)o3)oc2cc1N(CC(=O)[O-])CC(=O)O. The number of fused-ring (bicyclic) bond motifs is 1. The smallest absolute Gasteiger partial charge is 0.378 e. The zero-order valence-electron chi connectivity index (χ0n) is 21.4. The van der Waals surface area contributed by atoms with Crippen molar-refractivity contribution in [2.45, 2.75) is 13.8 Å². The Balaban J connectivity index is 1.91. The summed E-state index contributed by atoms with van der Waals surface area (Å²) in [5, 5.41) is 20.9. The number of anilines is 1. The fraction of sp³-hybridized carbons (Fsp3) is 0.292. The highest BCUT2D eigenvalue weighted by Gasteiger charge is 2.22. The third-order valence-electron chi connectivity index (χ3n) is 4.78. The monoisotopic (exact) mass is 577 g/mol. The Bertz CT molecular complexity index is 1450. The van der Waals surface area contributed by atoms with Gasteiger partial charge in [-0.1, -0.05) is 0 Å². The Morgan fingerprint density at radius 2 is 1.61 bits per heavy atom. The third-order valence-corrected chi connectivity index (χ3v) is 4.78. The van der Waals surface area contributed by atoms with E-state index in [0.29, 0.717) is 5.39 Å². The van der Waals surface area contributed by atoms with Crippen LogP contribution in [0, 0.1) is 0 Å². The minimum atomic E-state index is -1.61. The molecule has 0 unspecified atom stereocenters. The summed E-state index contributed by atoms with van der Waals surface area (Å²) in [6, 6.07) is 3.98. The number of aliphatic carboxylic acids is 2. The molecule has 0 radical (unpaired) electrons. The van der Waals surface area contributed by atoms with E-state index in [0.717, 1.165) is 24.9 Å². The summed E-state index contributed by atoms with van der Waals surface area (Å²) in [4.78, 5) is 73.2. The van der Waals surface area contributed by atoms with Crippen LogP contribution in [-0.2, 0) is 42.9 Å². The van der Waals surface area contributed by atoms with Crippen molar-refractivity contribution in [1.29, 1.82) is 0 Å². The summed E-state index contributed by atoms with van der Waals surface area (Å²) in [6.07, 6.45) is 1.04. The maximum absolute atomic E-state index is 12.0. The lowest BCUT2D eigenvalue weighted by Crippen LogP contribution is -2.41. The molecule has 0 fully saturated rings. The van der Waals surface area contributed by atoms with E-state index < -0.39 is 69.1 Å². The van der Waals surface area contributed by atoms with E-state index in [2.05, 4.69) is 14.5 Å². The predicted octanol–water partition coefficient (Wildman–Crippen LogP) is -0.151. The number of nitrogens with zero attached hydrogens (tertiary/aromatic N) is 2. The number of esters is 4. The van der Waals surface area contributed by atoms with Crippen molar-refractivity contribution in [3.8, 4) is 17.4 Å². The van der Waals surface area contributed by atoms with Gasteiger partial charge in [0, 0.05) is 25.3 Å². The molecule has 1 N–H and O–H groups in total. The van der Waals surface area contributed by atoms with Crippen molar-refractivity contribution < 1.29 is 71.5 Å². The Kier molecular flexibility index (Phi) is 9.82. The van der Waals surface area contributed by atoms with Crippen LogP contribution in [0.15, 0.2) is 33.2 Å². The van der Waals surface area contributed by atoms with E-state index in [1.54, 1.807) is 0 Å². The van der Waals surface area contributed by atoms with Crippen LogP contribution in [0.2, 0.25) is 0 Å². The van der Waals surface area contributed by atoms with E-state index >= 15 is 0 Å². The van der Waals surface area contributed by atoms with Crippen LogP contribution in [0.25, 0.3) is 22.6 Å². The van der Waals surface area contributed by atoms with Crippen LogP contribution < -0.4 is 14.7 Å². The summed E-state index contributed by atoms with van der Waals surface area (Å²) >= 11 is 0. The normalized spacial score (nSPS) is 10.5. The molecule has 3 aromatic rings. The molecule has 3 rings (SSSR count). The molecule has 0 aliphatic rings. The molecule has 0 aliphatic carbocycles. The van der Waals surface area contributed by atoms with Crippen molar-refractivity contribution in [3.05, 3.63) is 30.2 Å². The van der Waals surface area contributed by atoms with E-state index in [9.17, 15) is 39.0 Å². The number of hydrogen-bond acceptors (Lipinski definition) is 16. The van der Waals surface area contributed by atoms with Crippen molar-refractivity contribution >= 4 is 52.5 Å². The van der Waals surface area contributed by atoms with Gasteiger partial charge >= 0.3 is 29.8 Å². The number of carbonyl (C=O) groups excluding carboxylic acids is 5. The van der Waals surface area contributed by atoms with E-state index in [1.165, 1.54) is 18.2 Å². The van der Waals surface area contributed by atoms with Gasteiger partial charge in [-0.05, 0) is 12.1 Å². The minimum Gasteiger partial charge on any atom is -0.548 e. The fourth-order valence-electron chi connectivity index (χ4n) is 3.14. The lowest BCUT2D eigenvalue weighted by Gasteiger charge is -2.25. The molecule has 2 heterocycles. The van der Waals surface area contributed by atoms with Crippen LogP contribution >= 0.6 is 0 Å². The molecule has 0 amide bonds. The molecular weight excluding hydrogens is 556 g/mol. The third kappa shape index (κ3) is 8.70. The van der Waals surface area contributed by atoms with Gasteiger partial charge in [-0.15, -0.1) is 0 Å². The number of hydrogen-bond donors (Lipinski definition) is 1. The Labute approximate surface area is 229 Å². The lowest BCUT2D eigenvalue weighted by atomic mass is 10.2. The van der Waals surface area contributed by atoms with Gasteiger partial charge in [0.1, 0.15) is 17.9 Å². The number of carboxylic acids is 2. The second-order valence-electron chi connectivity index (χ2n) is 7.86. The van der Waals surface area contributed by atoms with Gasteiger partial charge < -0.3 is 52.4 Å². The van der Waals surface area contributed by atoms with Gasteiger partial charge in [0.15, 0.2) is 12.4 Å². The average Bonchev–Trinajstić information content (AvgIpc) is 3.52. The first kappa shape index (κ1) is 29.9. The highest BCUT2D eigenvalue weighted by molar-refractivity contribution is 5.91. The first-order valence-electron chi connectivity index (χ1n) is 11.4. The maximum Gasteiger partial charge on any atom is 0.378 e. The van der Waals surface area contributed by atoms with Crippen LogP contribution in [0.3, 0.4) is 0 Å². The zero-order chi connectivity index (χ0) is 30.1. The highest BCUT2D eigenvalue weighted by Crippen LogP contribution is 2.37. The van der Waals surface area contributed by atoms with Gasteiger partial charge in [-0.2, -0.15) is 0 Å². The summed E-state index contributed by atoms with van der Waals surface area (Å²) in [5.41, 5.74) is -0.00867. The second-order valence-corrected chi connectivity index (χ2v) is 7.86. The minimum absolute atomic E-state index is 0.00684. The van der Waals surface area contributed by atoms with E-state index in [4.69, 9.17) is 23.0 Å². The quantitative estimate of drug-likeness (QED) is 0.194. The van der Waals surface area contributed by atoms with E-state index in [1.807, 2.05) is 0 Å². The number of rotatable bonds is 14. The van der Waals surface area contributed by atoms with Gasteiger partial charge in [-0.25, -0.2) is 14.6 Å². The molecule has 17 nitrogen and oxygen atoms in total. The number of oxazole rings is 1. The zero-order valence-corrected chi connectivity index (χ0v) is 21.4. The molecule has 17 heteroatoms. The summed E-state index contributed by atoms with van der Waals surface area (Å²) in [6.45, 7) is -1.46. The van der Waals surface area contributed by atoms with Crippen LogP contribution in [0.1, 0.15) is 24.4 Å². The van der Waals surface area contributed by atoms with Crippen LogP contribution in [0.5, 0.6) is 5.75 Å². The van der Waals surface area contributed by atoms with Gasteiger partial charge in [0.2, 0.25) is 19.3 Å². The maximum atomic E-state index is 12.0. The summed E-state index contributed by atoms with van der Waals surface area (Å²) in [7, 11) is 0. The molecule has 0 saturated heterocycles. The van der Waals surface area contributed by atoms with Crippen molar-refractivity contribution in [2.24, 2.45) is 0 Å². The molecule has 0 spiro atoms. The summed E-state index contributed by atoms with van der Waals surface area (Å²) < 4.78 is 34.9. The number of benzene rings is 1. The Morgan fingerprint density at radius 3 is 2.24 bits per heavy atom. The molecule has 0 saturated carbocycles. The standard InChI is InChI=1S/C24H22N2O15/c1-12(27)36-10-38-22(33)9-35-17-3-14-4-18(23-25-6-19(41-23)24(34)39-11-37-13(2)28)40-16(14)5-15(17)26(7-20(29)30)8-21(31)32/h3-6H,7-11H2,1-2H3,(H,29,30)(H,31,32)/p-1. The molecule has 1 aromatic carbocycles. The highest BCUT2D eigenvalue weighted by atomic mass is 16.7. The Morgan fingerprint density at radius 1 is 0.927 bits per heavy atom. The molecule has 218 valence electrons. The first-order valence-corrected chi connectivity index (χ1v) is 11.4. The van der Waals surface area contributed by atoms with Crippen LogP contribution in [0.4, 0.5) is 5.69 Å². The second kappa shape index (κ2) is 13.5. The van der Waals surface area contributed by atoms with Crippen molar-refractivity contribution in [3.63, 3.8) is 0 Å². The topological polar surface area (TPSA) is 234 Å². The molecular formula is C24H21N2O15-. The molecule has 0 atom stereocenters. The van der Waals surface area contributed by atoms with Crippen LogP contribution in [-0.4, -0.2) is 79.2 Å². The molecule has 0 aliphatic heterocycles. The van der Waals surface area contributed by atoms with Crippen molar-refractivity contribution in [2.75, 3.05) is 38.2 Å². The Hall–Kier alpha value is -5.61. The van der Waals surface area contributed by atoms with Gasteiger partial charge in [0.05, 0.1) is 24.4 Å². The van der Waals surface area contributed by atoms with Gasteiger partial charge in [-0.3, -0.25) is 14.4 Å². The number of aromatic nitrogens is 1. The molecule has 2 aromatic heterocycles. The first-order chi connectivity index (χ1) is 19.4.